The second kappa shape index (κ2) is 15.2. The van der Waals surface area contributed by atoms with E-state index in [4.69, 9.17) is 0 Å². The molecule has 0 saturated heterocycles. The van der Waals surface area contributed by atoms with Crippen LogP contribution in [0.4, 0.5) is 17.1 Å². The van der Waals surface area contributed by atoms with Gasteiger partial charge in [0.05, 0.1) is 11.0 Å². The van der Waals surface area contributed by atoms with E-state index in [-0.39, 0.29) is 5.41 Å². The van der Waals surface area contributed by atoms with Gasteiger partial charge in [-0.15, -0.1) is 0 Å². The van der Waals surface area contributed by atoms with E-state index in [9.17, 15) is 0 Å². The highest BCUT2D eigenvalue weighted by Gasteiger charge is 2.36. The third-order valence-electron chi connectivity index (χ3n) is 11.8. The summed E-state index contributed by atoms with van der Waals surface area (Å²) >= 11 is 0. The first kappa shape index (κ1) is 36.0. The molecule has 0 amide bonds. The Balaban J connectivity index is 1.00. The zero-order valence-electron chi connectivity index (χ0n) is 33.3. The molecule has 8 aromatic carbocycles. The Hall–Kier alpha value is -7.42. The number of hydrogen-bond donors (Lipinski definition) is 0. The summed E-state index contributed by atoms with van der Waals surface area (Å²) in [5.74, 6) is 0. The first-order valence-corrected chi connectivity index (χ1v) is 20.4. The van der Waals surface area contributed by atoms with Crippen molar-refractivity contribution in [2.75, 3.05) is 4.90 Å². The first-order valence-electron chi connectivity index (χ1n) is 20.4. The fraction of sp³-hybridized carbons (Fsp3) is 0.0526. The fourth-order valence-electron chi connectivity index (χ4n) is 8.69. The van der Waals surface area contributed by atoms with Crippen molar-refractivity contribution >= 4 is 75.4 Å². The zero-order chi connectivity index (χ0) is 39.8. The average molecular weight is 757 g/mol. The van der Waals surface area contributed by atoms with Crippen LogP contribution in [0, 0.1) is 0 Å². The summed E-state index contributed by atoms with van der Waals surface area (Å²) in [4.78, 5) is 2.39. The van der Waals surface area contributed by atoms with E-state index in [2.05, 4.69) is 254 Å². The Labute approximate surface area is 347 Å². The van der Waals surface area contributed by atoms with Gasteiger partial charge in [-0.1, -0.05) is 184 Å². The van der Waals surface area contributed by atoms with Crippen molar-refractivity contribution in [1.82, 2.24) is 4.57 Å². The molecule has 10 rings (SSSR count). The van der Waals surface area contributed by atoms with Crippen molar-refractivity contribution in [2.24, 2.45) is 0 Å². The maximum absolute atomic E-state index is 2.41. The van der Waals surface area contributed by atoms with Crippen molar-refractivity contribution in [3.63, 3.8) is 0 Å². The molecule has 1 aliphatic carbocycles. The van der Waals surface area contributed by atoms with E-state index >= 15 is 0 Å². The van der Waals surface area contributed by atoms with E-state index in [1.807, 2.05) is 0 Å². The molecule has 2 nitrogen and oxygen atoms in total. The summed E-state index contributed by atoms with van der Waals surface area (Å²) in [5, 5.41) is 2.53. The highest BCUT2D eigenvalue weighted by atomic mass is 15.1. The molecule has 9 aromatic rings. The molecule has 0 bridgehead atoms. The minimum Gasteiger partial charge on any atom is -0.316 e. The number of anilines is 3. The standard InChI is InChI=1S/C57H44N2/c1-57(2)53-39-45(24-23-42-15-7-4-8-16-42)29-35-49(53)50-36-34-48(40-54(50)57)59(46-30-25-43(26-31-46)22-21-41-13-5-3-6-14-41)47-32-27-44(28-33-47)37-38-58-55-19-11-9-17-51(55)52-18-10-12-20-56(52)58/h3-40H,1-2H3/b22-21+,24-23+,38-37+. The third-order valence-corrected chi connectivity index (χ3v) is 11.8. The van der Waals surface area contributed by atoms with Crippen LogP contribution in [0.25, 0.3) is 69.5 Å². The van der Waals surface area contributed by atoms with Crippen LogP contribution in [-0.2, 0) is 5.41 Å². The van der Waals surface area contributed by atoms with E-state index in [0.29, 0.717) is 0 Å². The molecular weight excluding hydrogens is 713 g/mol. The predicted molar refractivity (Wildman–Crippen MR) is 254 cm³/mol. The van der Waals surface area contributed by atoms with Gasteiger partial charge < -0.3 is 9.47 Å². The Bertz CT molecular complexity index is 2980. The molecule has 1 heterocycles. The average Bonchev–Trinajstić information content (AvgIpc) is 3.73. The summed E-state index contributed by atoms with van der Waals surface area (Å²) in [6.45, 7) is 4.73. The molecule has 59 heavy (non-hydrogen) atoms. The molecule has 282 valence electrons. The van der Waals surface area contributed by atoms with E-state index < -0.39 is 0 Å². The van der Waals surface area contributed by atoms with Gasteiger partial charge in [-0.25, -0.2) is 0 Å². The Kier molecular flexibility index (Phi) is 9.24. The molecule has 0 fully saturated rings. The van der Waals surface area contributed by atoms with Crippen LogP contribution in [0.15, 0.2) is 194 Å². The predicted octanol–water partition coefficient (Wildman–Crippen LogP) is 15.5. The number of para-hydroxylation sites is 2. The lowest BCUT2D eigenvalue weighted by molar-refractivity contribution is 0.660. The smallest absolute Gasteiger partial charge is 0.0534 e. The molecule has 1 aliphatic rings. The topological polar surface area (TPSA) is 8.17 Å². The highest BCUT2D eigenvalue weighted by Crippen LogP contribution is 2.51. The van der Waals surface area contributed by atoms with Gasteiger partial charge in [0.25, 0.3) is 0 Å². The maximum atomic E-state index is 2.41. The number of fused-ring (bicyclic) bond motifs is 6. The second-order valence-corrected chi connectivity index (χ2v) is 15.9. The Morgan fingerprint density at radius 1 is 0.373 bits per heavy atom. The van der Waals surface area contributed by atoms with Gasteiger partial charge in [0.1, 0.15) is 0 Å². The van der Waals surface area contributed by atoms with E-state index in [1.165, 1.54) is 60.8 Å². The van der Waals surface area contributed by atoms with Gasteiger partial charge in [0, 0.05) is 39.4 Å². The molecule has 0 radical (unpaired) electrons. The van der Waals surface area contributed by atoms with Gasteiger partial charge in [0.15, 0.2) is 0 Å². The van der Waals surface area contributed by atoms with E-state index in [0.717, 1.165) is 28.2 Å². The van der Waals surface area contributed by atoms with Crippen LogP contribution in [-0.4, -0.2) is 4.57 Å². The maximum Gasteiger partial charge on any atom is 0.0534 e. The SMILES string of the molecule is CC1(C)c2cc(/C=C/c3ccccc3)ccc2-c2ccc(N(c3ccc(/C=C/c4ccccc4)cc3)c3ccc(/C=C/n4c5ccccc5c5ccccc54)cc3)cc21. The number of rotatable bonds is 9. The molecule has 0 unspecified atom stereocenters. The summed E-state index contributed by atoms with van der Waals surface area (Å²) < 4.78 is 2.30. The lowest BCUT2D eigenvalue weighted by atomic mass is 9.81. The van der Waals surface area contributed by atoms with Crippen LogP contribution in [0.5, 0.6) is 0 Å². The molecule has 0 saturated carbocycles. The highest BCUT2D eigenvalue weighted by molar-refractivity contribution is 6.09. The van der Waals surface area contributed by atoms with Crippen LogP contribution in [0.1, 0.15) is 52.8 Å². The van der Waals surface area contributed by atoms with Crippen molar-refractivity contribution < 1.29 is 0 Å². The number of aromatic nitrogens is 1. The molecule has 0 aliphatic heterocycles. The minimum atomic E-state index is -0.170. The van der Waals surface area contributed by atoms with Crippen LogP contribution >= 0.6 is 0 Å². The number of nitrogens with zero attached hydrogens (tertiary/aromatic N) is 2. The lowest BCUT2D eigenvalue weighted by Crippen LogP contribution is -2.16. The van der Waals surface area contributed by atoms with Crippen molar-refractivity contribution in [3.8, 4) is 11.1 Å². The Morgan fingerprint density at radius 2 is 0.780 bits per heavy atom. The van der Waals surface area contributed by atoms with Gasteiger partial charge in [-0.05, 0) is 105 Å². The van der Waals surface area contributed by atoms with Gasteiger partial charge in [-0.3, -0.25) is 0 Å². The first-order chi connectivity index (χ1) is 29.0. The van der Waals surface area contributed by atoms with Gasteiger partial charge in [0.2, 0.25) is 0 Å². The summed E-state index contributed by atoms with van der Waals surface area (Å²) in [6.07, 6.45) is 13.2. The quantitative estimate of drug-likeness (QED) is 0.133. The van der Waals surface area contributed by atoms with Crippen molar-refractivity contribution in [2.45, 2.75) is 19.3 Å². The zero-order valence-corrected chi connectivity index (χ0v) is 33.3. The fourth-order valence-corrected chi connectivity index (χ4v) is 8.69. The molecule has 0 atom stereocenters. The van der Waals surface area contributed by atoms with Crippen LogP contribution < -0.4 is 4.90 Å². The normalized spacial score (nSPS) is 13.2. The lowest BCUT2D eigenvalue weighted by Gasteiger charge is -2.28. The molecule has 0 N–H and O–H groups in total. The monoisotopic (exact) mass is 756 g/mol. The number of hydrogen-bond acceptors (Lipinski definition) is 1. The van der Waals surface area contributed by atoms with Crippen LogP contribution in [0.2, 0.25) is 0 Å². The van der Waals surface area contributed by atoms with Crippen molar-refractivity contribution in [3.05, 3.63) is 233 Å². The molecule has 2 heteroatoms. The van der Waals surface area contributed by atoms with Gasteiger partial charge in [-0.2, -0.15) is 0 Å². The van der Waals surface area contributed by atoms with Crippen LogP contribution in [0.3, 0.4) is 0 Å². The second-order valence-electron chi connectivity index (χ2n) is 15.9. The Morgan fingerprint density at radius 3 is 1.34 bits per heavy atom. The minimum absolute atomic E-state index is 0.170. The van der Waals surface area contributed by atoms with Crippen molar-refractivity contribution in [1.29, 1.82) is 0 Å². The molecule has 0 spiro atoms. The summed E-state index contributed by atoms with van der Waals surface area (Å²) in [5.41, 5.74) is 16.8. The van der Waals surface area contributed by atoms with Gasteiger partial charge >= 0.3 is 0 Å². The largest absolute Gasteiger partial charge is 0.316 e. The molecular formula is C57H44N2. The summed E-state index contributed by atoms with van der Waals surface area (Å²) in [7, 11) is 0. The summed E-state index contributed by atoms with van der Waals surface area (Å²) in [6, 6.07) is 70.0. The number of benzene rings is 8. The van der Waals surface area contributed by atoms with E-state index in [1.54, 1.807) is 0 Å². The molecule has 1 aromatic heterocycles. The third kappa shape index (κ3) is 6.89.